The van der Waals surface area contributed by atoms with Gasteiger partial charge in [-0.25, -0.2) is 0 Å². The van der Waals surface area contributed by atoms with Gasteiger partial charge in [0.15, 0.2) is 0 Å². The lowest BCUT2D eigenvalue weighted by molar-refractivity contribution is -0.442. The second kappa shape index (κ2) is 6.37. The predicted molar refractivity (Wildman–Crippen MR) is 61.4 cm³/mol. The summed E-state index contributed by atoms with van der Waals surface area (Å²) in [5.41, 5.74) is 0. The molecule has 0 amide bonds. The van der Waals surface area contributed by atoms with E-state index in [1.807, 2.05) is 0 Å². The summed E-state index contributed by atoms with van der Waals surface area (Å²) in [6, 6.07) is 0. The van der Waals surface area contributed by atoms with Gasteiger partial charge in [0.05, 0.1) is 0 Å². The highest BCUT2D eigenvalue weighted by molar-refractivity contribution is 5.83. The van der Waals surface area contributed by atoms with Gasteiger partial charge in [-0.1, -0.05) is 0 Å². The molecule has 0 bridgehead atoms. The van der Waals surface area contributed by atoms with Gasteiger partial charge in [-0.2, -0.15) is 57.1 Å². The second-order valence-electron chi connectivity index (χ2n) is 5.95. The van der Waals surface area contributed by atoms with Crippen molar-refractivity contribution in [1.82, 2.24) is 4.90 Å². The predicted octanol–water partition coefficient (Wildman–Crippen LogP) is 4.25. The molecule has 1 heterocycles. The molecular formula is C12H10F13NO. The number of rotatable bonds is 5. The number of carbonyl (C=O) groups excluding carboxylic acids is 1. The summed E-state index contributed by atoms with van der Waals surface area (Å²) in [5.74, 6) is -42.4. The molecule has 1 aliphatic heterocycles. The molecule has 0 N–H and O–H groups in total. The van der Waals surface area contributed by atoms with E-state index in [0.717, 1.165) is 11.9 Å². The van der Waals surface area contributed by atoms with Gasteiger partial charge in [0.25, 0.3) is 0 Å². The first-order valence-corrected chi connectivity index (χ1v) is 6.83. The maximum atomic E-state index is 13.9. The summed E-state index contributed by atoms with van der Waals surface area (Å²) >= 11 is 0. The van der Waals surface area contributed by atoms with Gasteiger partial charge >= 0.3 is 35.8 Å². The Morgan fingerprint density at radius 2 is 1.15 bits per heavy atom. The maximum Gasteiger partial charge on any atom is 0.460 e. The van der Waals surface area contributed by atoms with Crippen molar-refractivity contribution in [3.63, 3.8) is 0 Å². The van der Waals surface area contributed by atoms with Crippen LogP contribution in [0.15, 0.2) is 0 Å². The first-order chi connectivity index (χ1) is 11.7. The van der Waals surface area contributed by atoms with Crippen LogP contribution in [0.1, 0.15) is 6.42 Å². The molecule has 0 aromatic carbocycles. The van der Waals surface area contributed by atoms with Gasteiger partial charge in [0.2, 0.25) is 0 Å². The Morgan fingerprint density at radius 1 is 0.741 bits per heavy atom. The van der Waals surface area contributed by atoms with Crippen molar-refractivity contribution in [2.45, 2.75) is 42.2 Å². The van der Waals surface area contributed by atoms with Crippen molar-refractivity contribution in [1.29, 1.82) is 0 Å². The number of halogens is 13. The third kappa shape index (κ3) is 3.24. The zero-order chi connectivity index (χ0) is 21.9. The fourth-order valence-corrected chi connectivity index (χ4v) is 2.30. The quantitative estimate of drug-likeness (QED) is 0.607. The van der Waals surface area contributed by atoms with Crippen LogP contribution in [0.2, 0.25) is 0 Å². The highest BCUT2D eigenvalue weighted by atomic mass is 19.4. The molecule has 0 saturated carbocycles. The van der Waals surface area contributed by atoms with Crippen LogP contribution in [-0.4, -0.2) is 66.6 Å². The molecule has 1 fully saturated rings. The molecule has 0 aromatic rings. The van der Waals surface area contributed by atoms with E-state index in [0.29, 0.717) is 0 Å². The summed E-state index contributed by atoms with van der Waals surface area (Å²) in [4.78, 5) is 12.1. The van der Waals surface area contributed by atoms with Crippen molar-refractivity contribution in [2.24, 2.45) is 5.92 Å². The topological polar surface area (TPSA) is 20.3 Å². The van der Waals surface area contributed by atoms with Gasteiger partial charge in [-0.15, -0.1) is 0 Å². The SMILES string of the molecule is CN1CCC(=O)C(C(F)(F)C(F)(F)C(F)(F)C(F)(F)C(F)(F)C(F)(F)F)C1. The van der Waals surface area contributed by atoms with Gasteiger partial charge in [-0.05, 0) is 7.05 Å². The molecule has 1 atom stereocenters. The number of hydrogen-bond acceptors (Lipinski definition) is 2. The van der Waals surface area contributed by atoms with E-state index in [1.165, 1.54) is 0 Å². The zero-order valence-electron chi connectivity index (χ0n) is 13.0. The lowest BCUT2D eigenvalue weighted by Crippen LogP contribution is -2.72. The van der Waals surface area contributed by atoms with Crippen molar-refractivity contribution >= 4 is 5.78 Å². The van der Waals surface area contributed by atoms with Crippen LogP contribution in [0.25, 0.3) is 0 Å². The van der Waals surface area contributed by atoms with Crippen LogP contribution >= 0.6 is 0 Å². The number of alkyl halides is 13. The number of ketones is 1. The third-order valence-corrected chi connectivity index (χ3v) is 4.02. The Hall–Kier alpha value is -1.28. The molecule has 1 rings (SSSR count). The molecule has 2 nitrogen and oxygen atoms in total. The molecule has 1 aliphatic rings. The fraction of sp³-hybridized carbons (Fsp3) is 0.917. The van der Waals surface area contributed by atoms with E-state index in [9.17, 15) is 61.9 Å². The molecule has 0 spiro atoms. The van der Waals surface area contributed by atoms with E-state index in [4.69, 9.17) is 0 Å². The molecule has 0 aliphatic carbocycles. The van der Waals surface area contributed by atoms with Crippen molar-refractivity contribution < 1.29 is 61.9 Å². The first-order valence-electron chi connectivity index (χ1n) is 6.83. The standard InChI is InChI=1S/C12H10F13NO/c1-26-3-2-6(27)5(4-26)7(13,14)8(15,16)9(17,18)10(19,20)11(21,22)12(23,24)25/h5H,2-4H2,1H3. The molecule has 0 radical (unpaired) electrons. The third-order valence-electron chi connectivity index (χ3n) is 4.02. The normalized spacial score (nSPS) is 22.3. The number of piperidine rings is 1. The summed E-state index contributed by atoms with van der Waals surface area (Å²) in [7, 11) is 0.970. The number of nitrogens with zero attached hydrogens (tertiary/aromatic N) is 1. The van der Waals surface area contributed by atoms with E-state index in [1.54, 1.807) is 0 Å². The maximum absolute atomic E-state index is 13.9. The highest BCUT2D eigenvalue weighted by Crippen LogP contribution is 2.61. The number of Topliss-reactive ketones (excluding diaryl/α,β-unsaturated/α-hetero) is 1. The molecule has 1 saturated heterocycles. The van der Waals surface area contributed by atoms with Gasteiger partial charge in [0.1, 0.15) is 11.7 Å². The van der Waals surface area contributed by atoms with E-state index in [-0.39, 0.29) is 6.54 Å². The summed E-state index contributed by atoms with van der Waals surface area (Å²) in [6.07, 6.45) is -8.33. The lowest BCUT2D eigenvalue weighted by Gasteiger charge is -2.43. The Kier molecular flexibility index (Phi) is 5.61. The Bertz CT molecular complexity index is 582. The van der Waals surface area contributed by atoms with Crippen LogP contribution in [-0.2, 0) is 4.79 Å². The minimum atomic E-state index is -7.95. The Labute approximate surface area is 142 Å². The van der Waals surface area contributed by atoms with Crippen LogP contribution in [0, 0.1) is 5.92 Å². The molecule has 1 unspecified atom stereocenters. The zero-order valence-corrected chi connectivity index (χ0v) is 13.0. The van der Waals surface area contributed by atoms with E-state index < -0.39 is 60.5 Å². The van der Waals surface area contributed by atoms with Crippen LogP contribution in [0.5, 0.6) is 0 Å². The number of hydrogen-bond donors (Lipinski definition) is 0. The largest absolute Gasteiger partial charge is 0.460 e. The molecule has 15 heteroatoms. The summed E-state index contributed by atoms with van der Waals surface area (Å²) in [6.45, 7) is -1.62. The van der Waals surface area contributed by atoms with Crippen LogP contribution in [0.3, 0.4) is 0 Å². The number of carbonyl (C=O) groups is 1. The Balaban J connectivity index is 3.47. The average Bonchev–Trinajstić information content (AvgIpc) is 2.47. The van der Waals surface area contributed by atoms with Crippen LogP contribution < -0.4 is 0 Å². The molecule has 27 heavy (non-hydrogen) atoms. The number of likely N-dealkylation sites (tertiary alicyclic amines) is 1. The first kappa shape index (κ1) is 23.8. The lowest BCUT2D eigenvalue weighted by atomic mass is 9.82. The van der Waals surface area contributed by atoms with Gasteiger partial charge in [-0.3, -0.25) is 4.79 Å². The molecule has 160 valence electrons. The van der Waals surface area contributed by atoms with E-state index in [2.05, 4.69) is 0 Å². The summed E-state index contributed by atoms with van der Waals surface area (Å²) in [5, 5.41) is 0. The minimum absolute atomic E-state index is 0.282. The molecule has 0 aromatic heterocycles. The summed E-state index contributed by atoms with van der Waals surface area (Å²) < 4.78 is 169. The van der Waals surface area contributed by atoms with Crippen molar-refractivity contribution in [2.75, 3.05) is 20.1 Å². The second-order valence-corrected chi connectivity index (χ2v) is 5.95. The van der Waals surface area contributed by atoms with Crippen LogP contribution in [0.4, 0.5) is 57.1 Å². The highest BCUT2D eigenvalue weighted by Gasteiger charge is 2.91. The minimum Gasteiger partial charge on any atom is -0.305 e. The fourth-order valence-electron chi connectivity index (χ4n) is 2.30. The van der Waals surface area contributed by atoms with Crippen molar-refractivity contribution in [3.8, 4) is 0 Å². The van der Waals surface area contributed by atoms with Gasteiger partial charge in [0, 0.05) is 19.5 Å². The monoisotopic (exact) mass is 431 g/mol. The van der Waals surface area contributed by atoms with Crippen molar-refractivity contribution in [3.05, 3.63) is 0 Å². The average molecular weight is 431 g/mol. The smallest absolute Gasteiger partial charge is 0.305 e. The Morgan fingerprint density at radius 3 is 1.56 bits per heavy atom. The van der Waals surface area contributed by atoms with E-state index >= 15 is 0 Å². The van der Waals surface area contributed by atoms with Gasteiger partial charge < -0.3 is 4.90 Å². The molecular weight excluding hydrogens is 421 g/mol.